The lowest BCUT2D eigenvalue weighted by atomic mass is 9.91. The number of anilines is 1. The number of nitrogens with two attached hydrogens (primary N) is 1. The van der Waals surface area contributed by atoms with E-state index in [-0.39, 0.29) is 0 Å². The predicted molar refractivity (Wildman–Crippen MR) is 72.8 cm³/mol. The quantitative estimate of drug-likeness (QED) is 0.807. The largest absolute Gasteiger partial charge is 0.399 e. The van der Waals surface area contributed by atoms with E-state index < -0.39 is 0 Å². The Morgan fingerprint density at radius 2 is 2.24 bits per heavy atom. The Labute approximate surface area is 107 Å². The first-order chi connectivity index (χ1) is 8.19. The number of nitrogens with zero attached hydrogens (tertiary/aromatic N) is 1. The van der Waals surface area contributed by atoms with E-state index in [0.717, 1.165) is 10.8 Å². The van der Waals surface area contributed by atoms with Crippen molar-refractivity contribution in [2.45, 2.75) is 42.8 Å². The maximum Gasteiger partial charge on any atom is 0.100 e. The molecular formula is C14H18N2S. The lowest BCUT2D eigenvalue weighted by molar-refractivity contribution is 0.394. The van der Waals surface area contributed by atoms with Crippen LogP contribution < -0.4 is 5.73 Å². The van der Waals surface area contributed by atoms with Crippen molar-refractivity contribution >= 4 is 17.4 Å². The van der Waals surface area contributed by atoms with Crippen molar-refractivity contribution in [3.8, 4) is 6.07 Å². The molecule has 1 fully saturated rings. The minimum Gasteiger partial charge on any atom is -0.399 e. The van der Waals surface area contributed by atoms with Crippen LogP contribution in [0.25, 0.3) is 0 Å². The van der Waals surface area contributed by atoms with Crippen LogP contribution in [0.15, 0.2) is 23.1 Å². The van der Waals surface area contributed by atoms with E-state index in [9.17, 15) is 0 Å². The van der Waals surface area contributed by atoms with Gasteiger partial charge in [0, 0.05) is 15.8 Å². The molecule has 1 aliphatic carbocycles. The lowest BCUT2D eigenvalue weighted by Gasteiger charge is -2.26. The molecule has 17 heavy (non-hydrogen) atoms. The third-order valence-corrected chi connectivity index (χ3v) is 4.68. The average molecular weight is 246 g/mol. The first kappa shape index (κ1) is 12.3. The Morgan fingerprint density at radius 3 is 2.94 bits per heavy atom. The van der Waals surface area contributed by atoms with E-state index in [1.54, 1.807) is 6.07 Å². The Hall–Kier alpha value is -1.14. The van der Waals surface area contributed by atoms with Crippen molar-refractivity contribution in [1.82, 2.24) is 0 Å². The van der Waals surface area contributed by atoms with Gasteiger partial charge >= 0.3 is 0 Å². The number of rotatable bonds is 2. The second-order valence-corrected chi connectivity index (χ2v) is 6.22. The summed E-state index contributed by atoms with van der Waals surface area (Å²) in [5.74, 6) is 0.820. The first-order valence-corrected chi connectivity index (χ1v) is 7.03. The molecule has 0 saturated heterocycles. The second-order valence-electron chi connectivity index (χ2n) is 4.88. The van der Waals surface area contributed by atoms with Gasteiger partial charge < -0.3 is 5.73 Å². The van der Waals surface area contributed by atoms with Crippen molar-refractivity contribution < 1.29 is 0 Å². The fourth-order valence-electron chi connectivity index (χ4n) is 2.40. The number of hydrogen-bond acceptors (Lipinski definition) is 3. The summed E-state index contributed by atoms with van der Waals surface area (Å²) in [5.41, 5.74) is 7.08. The summed E-state index contributed by atoms with van der Waals surface area (Å²) in [5, 5.41) is 9.77. The summed E-state index contributed by atoms with van der Waals surface area (Å²) in [6.07, 6.45) is 5.20. The zero-order valence-corrected chi connectivity index (χ0v) is 11.0. The summed E-state index contributed by atoms with van der Waals surface area (Å²) < 4.78 is 0. The number of nitrogen functional groups attached to an aromatic ring is 1. The van der Waals surface area contributed by atoms with Crippen molar-refractivity contribution in [2.75, 3.05) is 5.73 Å². The van der Waals surface area contributed by atoms with Gasteiger partial charge in [0.15, 0.2) is 0 Å². The monoisotopic (exact) mass is 246 g/mol. The molecule has 0 aliphatic heterocycles. The Balaban J connectivity index is 2.10. The molecule has 3 heteroatoms. The minimum atomic E-state index is 0.662. The summed E-state index contributed by atoms with van der Waals surface area (Å²) >= 11 is 1.85. The molecule has 2 rings (SSSR count). The third kappa shape index (κ3) is 3.17. The predicted octanol–water partition coefficient (Wildman–Crippen LogP) is 3.81. The number of benzene rings is 1. The van der Waals surface area contributed by atoms with Gasteiger partial charge in [-0.05, 0) is 37.0 Å². The summed E-state index contributed by atoms with van der Waals surface area (Å²) in [7, 11) is 0. The standard InChI is InChI=1S/C14H18N2S/c1-10-3-2-4-13(7-10)17-14-6-5-12(16)8-11(14)9-15/h5-6,8,10,13H,2-4,7,16H2,1H3. The van der Waals surface area contributed by atoms with E-state index in [2.05, 4.69) is 13.0 Å². The van der Waals surface area contributed by atoms with Crippen LogP contribution in [0.4, 0.5) is 5.69 Å². The molecule has 0 aromatic heterocycles. The van der Waals surface area contributed by atoms with Crippen LogP contribution in [0.5, 0.6) is 0 Å². The maximum absolute atomic E-state index is 9.11. The normalized spacial score (nSPS) is 24.2. The van der Waals surface area contributed by atoms with Gasteiger partial charge in [-0.2, -0.15) is 5.26 Å². The molecule has 0 bridgehead atoms. The van der Waals surface area contributed by atoms with Crippen LogP contribution in [-0.4, -0.2) is 5.25 Å². The molecule has 0 radical (unpaired) electrons. The molecule has 2 unspecified atom stereocenters. The fraction of sp³-hybridized carbons (Fsp3) is 0.500. The molecule has 2 N–H and O–H groups in total. The number of thioether (sulfide) groups is 1. The van der Waals surface area contributed by atoms with Crippen LogP contribution in [0.2, 0.25) is 0 Å². The molecule has 90 valence electrons. The van der Waals surface area contributed by atoms with E-state index in [0.29, 0.717) is 16.5 Å². The van der Waals surface area contributed by atoms with Crippen molar-refractivity contribution in [1.29, 1.82) is 5.26 Å². The smallest absolute Gasteiger partial charge is 0.100 e. The van der Waals surface area contributed by atoms with Crippen LogP contribution in [-0.2, 0) is 0 Å². The Morgan fingerprint density at radius 1 is 1.41 bits per heavy atom. The van der Waals surface area contributed by atoms with Gasteiger partial charge in [0.2, 0.25) is 0 Å². The molecule has 1 aliphatic rings. The Bertz CT molecular complexity index is 436. The zero-order valence-electron chi connectivity index (χ0n) is 10.1. The molecular weight excluding hydrogens is 228 g/mol. The molecule has 1 aromatic carbocycles. The van der Waals surface area contributed by atoms with Crippen molar-refractivity contribution in [2.24, 2.45) is 5.92 Å². The van der Waals surface area contributed by atoms with Gasteiger partial charge in [0.05, 0.1) is 5.56 Å². The second kappa shape index (κ2) is 5.46. The summed E-state index contributed by atoms with van der Waals surface area (Å²) in [6.45, 7) is 2.32. The SMILES string of the molecule is CC1CCCC(Sc2ccc(N)cc2C#N)C1. The van der Waals surface area contributed by atoms with E-state index in [1.807, 2.05) is 23.9 Å². The average Bonchev–Trinajstić information content (AvgIpc) is 2.31. The summed E-state index contributed by atoms with van der Waals surface area (Å²) in [6, 6.07) is 7.88. The van der Waals surface area contributed by atoms with Crippen LogP contribution in [0.1, 0.15) is 38.2 Å². The van der Waals surface area contributed by atoms with E-state index in [1.165, 1.54) is 25.7 Å². The van der Waals surface area contributed by atoms with E-state index >= 15 is 0 Å². The van der Waals surface area contributed by atoms with Gasteiger partial charge in [-0.3, -0.25) is 0 Å². The third-order valence-electron chi connectivity index (χ3n) is 3.31. The van der Waals surface area contributed by atoms with Crippen LogP contribution in [0.3, 0.4) is 0 Å². The topological polar surface area (TPSA) is 49.8 Å². The number of hydrogen-bond donors (Lipinski definition) is 1. The minimum absolute atomic E-state index is 0.662. The molecule has 0 spiro atoms. The fourth-order valence-corrected chi connectivity index (χ4v) is 3.85. The number of nitriles is 1. The lowest BCUT2D eigenvalue weighted by Crippen LogP contribution is -2.15. The molecule has 1 aromatic rings. The molecule has 0 heterocycles. The summed E-state index contributed by atoms with van der Waals surface area (Å²) in [4.78, 5) is 1.08. The zero-order chi connectivity index (χ0) is 12.3. The van der Waals surface area contributed by atoms with Gasteiger partial charge in [-0.15, -0.1) is 11.8 Å². The van der Waals surface area contributed by atoms with Crippen LogP contribution in [0, 0.1) is 17.2 Å². The molecule has 2 nitrogen and oxygen atoms in total. The van der Waals surface area contributed by atoms with Crippen molar-refractivity contribution in [3.63, 3.8) is 0 Å². The molecule has 0 amide bonds. The van der Waals surface area contributed by atoms with Gasteiger partial charge in [-0.25, -0.2) is 0 Å². The maximum atomic E-state index is 9.11. The highest BCUT2D eigenvalue weighted by atomic mass is 32.2. The van der Waals surface area contributed by atoms with Crippen LogP contribution >= 0.6 is 11.8 Å². The van der Waals surface area contributed by atoms with Crippen molar-refractivity contribution in [3.05, 3.63) is 23.8 Å². The highest BCUT2D eigenvalue weighted by Crippen LogP contribution is 2.37. The van der Waals surface area contributed by atoms with Gasteiger partial charge in [0.1, 0.15) is 6.07 Å². The first-order valence-electron chi connectivity index (χ1n) is 6.15. The van der Waals surface area contributed by atoms with E-state index in [4.69, 9.17) is 11.0 Å². The molecule has 2 atom stereocenters. The van der Waals surface area contributed by atoms with Gasteiger partial charge in [-0.1, -0.05) is 19.8 Å². The Kier molecular flexibility index (Phi) is 3.96. The van der Waals surface area contributed by atoms with Gasteiger partial charge in [0.25, 0.3) is 0 Å². The highest BCUT2D eigenvalue weighted by Gasteiger charge is 2.20. The highest BCUT2D eigenvalue weighted by molar-refractivity contribution is 8.00. The molecule has 1 saturated carbocycles.